The van der Waals surface area contributed by atoms with E-state index in [4.69, 9.17) is 14.2 Å². The molecule has 2 atom stereocenters. The molecule has 0 aromatic heterocycles. The van der Waals surface area contributed by atoms with Gasteiger partial charge in [-0.25, -0.2) is 0 Å². The number of methoxy groups -OCH3 is 1. The van der Waals surface area contributed by atoms with Crippen LogP contribution in [0.5, 0.6) is 5.75 Å². The third kappa shape index (κ3) is 4.18. The lowest BCUT2D eigenvalue weighted by molar-refractivity contribution is -0.284. The molecule has 1 N–H and O–H groups in total. The number of benzene rings is 2. The maximum absolute atomic E-state index is 12.6. The molecule has 5 heteroatoms. The van der Waals surface area contributed by atoms with Gasteiger partial charge in [0.05, 0.1) is 19.8 Å². The van der Waals surface area contributed by atoms with Gasteiger partial charge in [0.25, 0.3) is 5.91 Å². The number of rotatable bonds is 4. The predicted octanol–water partition coefficient (Wildman–Crippen LogP) is 3.32. The molecule has 3 rings (SSSR count). The van der Waals surface area contributed by atoms with Gasteiger partial charge in [-0.05, 0) is 43.7 Å². The number of nitrogens with one attached hydrogen (secondary N) is 1. The normalized spacial score (nSPS) is 22.2. The van der Waals surface area contributed by atoms with Gasteiger partial charge in [0, 0.05) is 5.56 Å². The molecule has 0 bridgehead atoms. The molecule has 0 radical (unpaired) electrons. The van der Waals surface area contributed by atoms with Crippen molar-refractivity contribution in [2.75, 3.05) is 13.7 Å². The van der Waals surface area contributed by atoms with Crippen molar-refractivity contribution in [3.63, 3.8) is 0 Å². The van der Waals surface area contributed by atoms with Crippen LogP contribution in [0.2, 0.25) is 0 Å². The van der Waals surface area contributed by atoms with Crippen molar-refractivity contribution in [3.8, 4) is 5.75 Å². The first-order valence-electron chi connectivity index (χ1n) is 8.30. The highest BCUT2D eigenvalue weighted by Crippen LogP contribution is 2.33. The number of carbonyl (C=O) groups excluding carboxylic acids is 1. The van der Waals surface area contributed by atoms with E-state index in [0.717, 1.165) is 5.56 Å². The van der Waals surface area contributed by atoms with Gasteiger partial charge >= 0.3 is 0 Å². The lowest BCUT2D eigenvalue weighted by Gasteiger charge is -2.41. The molecule has 1 heterocycles. The van der Waals surface area contributed by atoms with E-state index in [2.05, 4.69) is 5.32 Å². The predicted molar refractivity (Wildman–Crippen MR) is 94.5 cm³/mol. The molecule has 1 amide bonds. The molecule has 132 valence electrons. The minimum absolute atomic E-state index is 0.166. The monoisotopic (exact) mass is 341 g/mol. The van der Waals surface area contributed by atoms with E-state index in [0.29, 0.717) is 17.9 Å². The molecule has 0 saturated carbocycles. The quantitative estimate of drug-likeness (QED) is 0.927. The number of amides is 1. The van der Waals surface area contributed by atoms with Gasteiger partial charge in [0.1, 0.15) is 11.9 Å². The maximum Gasteiger partial charge on any atom is 0.251 e. The summed E-state index contributed by atoms with van der Waals surface area (Å²) < 4.78 is 17.0. The van der Waals surface area contributed by atoms with Crippen LogP contribution in [0, 0.1) is 0 Å². The second kappa shape index (κ2) is 7.25. The average Bonchev–Trinajstić information content (AvgIpc) is 2.63. The molecule has 0 aliphatic carbocycles. The fraction of sp³-hybridized carbons (Fsp3) is 0.350. The lowest BCUT2D eigenvalue weighted by atomic mass is 10.00. The summed E-state index contributed by atoms with van der Waals surface area (Å²) in [5.41, 5.74) is 1.58. The molecule has 0 unspecified atom stereocenters. The minimum Gasteiger partial charge on any atom is -0.497 e. The minimum atomic E-state index is -0.693. The molecule has 1 fully saturated rings. The largest absolute Gasteiger partial charge is 0.497 e. The van der Waals surface area contributed by atoms with E-state index in [1.54, 1.807) is 31.4 Å². The molecule has 2 aromatic carbocycles. The van der Waals surface area contributed by atoms with Crippen molar-refractivity contribution in [1.29, 1.82) is 0 Å². The average molecular weight is 341 g/mol. The van der Waals surface area contributed by atoms with Crippen molar-refractivity contribution in [3.05, 3.63) is 65.7 Å². The van der Waals surface area contributed by atoms with Crippen LogP contribution in [0.25, 0.3) is 0 Å². The van der Waals surface area contributed by atoms with Gasteiger partial charge in [0.15, 0.2) is 5.79 Å². The van der Waals surface area contributed by atoms with Crippen LogP contribution in [-0.4, -0.2) is 31.5 Å². The Balaban J connectivity index is 1.77. The fourth-order valence-corrected chi connectivity index (χ4v) is 2.85. The Labute approximate surface area is 147 Å². The summed E-state index contributed by atoms with van der Waals surface area (Å²) in [5, 5.41) is 3.03. The third-order valence-electron chi connectivity index (χ3n) is 4.18. The Hall–Kier alpha value is -2.37. The summed E-state index contributed by atoms with van der Waals surface area (Å²) >= 11 is 0. The van der Waals surface area contributed by atoms with Crippen LogP contribution in [0.1, 0.15) is 35.9 Å². The first-order chi connectivity index (χ1) is 12.0. The van der Waals surface area contributed by atoms with E-state index in [-0.39, 0.29) is 18.1 Å². The van der Waals surface area contributed by atoms with Crippen LogP contribution in [0.4, 0.5) is 0 Å². The van der Waals surface area contributed by atoms with Gasteiger partial charge in [0.2, 0.25) is 0 Å². The lowest BCUT2D eigenvalue weighted by Crippen LogP contribution is -2.51. The fourth-order valence-electron chi connectivity index (χ4n) is 2.85. The van der Waals surface area contributed by atoms with E-state index in [1.807, 2.05) is 44.2 Å². The summed E-state index contributed by atoms with van der Waals surface area (Å²) in [4.78, 5) is 12.6. The molecule has 1 aliphatic rings. The van der Waals surface area contributed by atoms with Crippen LogP contribution in [-0.2, 0) is 9.47 Å². The Kier molecular flexibility index (Phi) is 5.06. The maximum atomic E-state index is 12.6. The highest BCUT2D eigenvalue weighted by atomic mass is 16.7. The van der Waals surface area contributed by atoms with Gasteiger partial charge in [-0.15, -0.1) is 0 Å². The van der Waals surface area contributed by atoms with Crippen molar-refractivity contribution >= 4 is 5.91 Å². The molecule has 1 aliphatic heterocycles. The molecule has 25 heavy (non-hydrogen) atoms. The smallest absolute Gasteiger partial charge is 0.251 e. The van der Waals surface area contributed by atoms with Crippen molar-refractivity contribution < 1.29 is 19.0 Å². The second-order valence-corrected chi connectivity index (χ2v) is 6.47. The Morgan fingerprint density at radius 3 is 2.44 bits per heavy atom. The van der Waals surface area contributed by atoms with Crippen molar-refractivity contribution in [2.24, 2.45) is 0 Å². The topological polar surface area (TPSA) is 56.8 Å². The highest BCUT2D eigenvalue weighted by molar-refractivity contribution is 5.94. The number of hydrogen-bond acceptors (Lipinski definition) is 4. The molecule has 2 aromatic rings. The zero-order chi connectivity index (χ0) is 17.9. The summed E-state index contributed by atoms with van der Waals surface area (Å²) in [6.07, 6.45) is -0.271. The standard InChI is InChI=1S/C20H23NO4/c1-20(2)24-13-17(18(25-20)14-7-5-4-6-8-14)21-19(22)15-9-11-16(23-3)12-10-15/h4-12,17-18H,13H2,1-3H3,(H,21,22)/t17-,18+/m0/s1. The molecule has 0 spiro atoms. The van der Waals surface area contributed by atoms with Crippen LogP contribution < -0.4 is 10.1 Å². The second-order valence-electron chi connectivity index (χ2n) is 6.47. The van der Waals surface area contributed by atoms with Crippen molar-refractivity contribution in [2.45, 2.75) is 31.8 Å². The highest BCUT2D eigenvalue weighted by Gasteiger charge is 2.38. The number of hydrogen-bond donors (Lipinski definition) is 1. The molecule has 1 saturated heterocycles. The van der Waals surface area contributed by atoms with Crippen molar-refractivity contribution in [1.82, 2.24) is 5.32 Å². The Morgan fingerprint density at radius 1 is 1.12 bits per heavy atom. The molecular formula is C20H23NO4. The zero-order valence-corrected chi connectivity index (χ0v) is 14.7. The third-order valence-corrected chi connectivity index (χ3v) is 4.18. The Bertz CT molecular complexity index is 712. The van der Waals surface area contributed by atoms with Gasteiger partial charge in [-0.3, -0.25) is 4.79 Å². The summed E-state index contributed by atoms with van der Waals surface area (Å²) in [6.45, 7) is 4.14. The van der Waals surface area contributed by atoms with E-state index in [1.165, 1.54) is 0 Å². The summed E-state index contributed by atoms with van der Waals surface area (Å²) in [6, 6.07) is 16.6. The van der Waals surface area contributed by atoms with Gasteiger partial charge in [-0.2, -0.15) is 0 Å². The zero-order valence-electron chi connectivity index (χ0n) is 14.7. The summed E-state index contributed by atoms with van der Waals surface area (Å²) in [5.74, 6) is -0.146. The first kappa shape index (κ1) is 17.5. The van der Waals surface area contributed by atoms with Crippen LogP contribution in [0.3, 0.4) is 0 Å². The molecular weight excluding hydrogens is 318 g/mol. The Morgan fingerprint density at radius 2 is 1.80 bits per heavy atom. The van der Waals surface area contributed by atoms with E-state index >= 15 is 0 Å². The first-order valence-corrected chi connectivity index (χ1v) is 8.30. The van der Waals surface area contributed by atoms with Gasteiger partial charge < -0.3 is 19.5 Å². The van der Waals surface area contributed by atoms with Gasteiger partial charge in [-0.1, -0.05) is 30.3 Å². The van der Waals surface area contributed by atoms with E-state index in [9.17, 15) is 4.79 Å². The SMILES string of the molecule is COc1ccc(C(=O)N[C@H]2COC(C)(C)O[C@@H]2c2ccccc2)cc1. The number of carbonyl (C=O) groups is 1. The van der Waals surface area contributed by atoms with Crippen LogP contribution >= 0.6 is 0 Å². The summed E-state index contributed by atoms with van der Waals surface area (Å²) in [7, 11) is 1.60. The van der Waals surface area contributed by atoms with E-state index < -0.39 is 5.79 Å². The number of ether oxygens (including phenoxy) is 3. The van der Waals surface area contributed by atoms with Crippen LogP contribution in [0.15, 0.2) is 54.6 Å². The molecule has 5 nitrogen and oxygen atoms in total.